The van der Waals surface area contributed by atoms with Crippen LogP contribution in [0.25, 0.3) is 10.8 Å². The third kappa shape index (κ3) is 5.24. The molecule has 140 valence electrons. The van der Waals surface area contributed by atoms with Gasteiger partial charge in [0.25, 0.3) is 0 Å². The maximum Gasteiger partial charge on any atom is 0.315 e. The van der Waals surface area contributed by atoms with E-state index in [1.807, 2.05) is 36.4 Å². The Kier molecular flexibility index (Phi) is 5.94. The Morgan fingerprint density at radius 3 is 2.56 bits per heavy atom. The van der Waals surface area contributed by atoms with E-state index in [-0.39, 0.29) is 19.0 Å². The zero-order valence-corrected chi connectivity index (χ0v) is 15.0. The first-order chi connectivity index (χ1) is 13.1. The predicted octanol–water partition coefficient (Wildman–Crippen LogP) is 2.56. The molecule has 0 aliphatic heterocycles. The summed E-state index contributed by atoms with van der Waals surface area (Å²) in [4.78, 5) is 23.6. The van der Waals surface area contributed by atoms with Crippen LogP contribution >= 0.6 is 0 Å². The van der Waals surface area contributed by atoms with Crippen LogP contribution in [0.5, 0.6) is 5.75 Å². The first-order valence-corrected chi connectivity index (χ1v) is 8.51. The molecule has 0 saturated heterocycles. The van der Waals surface area contributed by atoms with E-state index in [2.05, 4.69) is 16.0 Å². The number of nitrogens with one attached hydrogen (secondary N) is 3. The van der Waals surface area contributed by atoms with Gasteiger partial charge in [-0.3, -0.25) is 4.79 Å². The molecule has 0 radical (unpaired) electrons. The number of carbonyl (C=O) groups is 2. The molecule has 0 fully saturated rings. The number of benzene rings is 2. The zero-order chi connectivity index (χ0) is 19.1. The fourth-order valence-electron chi connectivity index (χ4n) is 2.58. The summed E-state index contributed by atoms with van der Waals surface area (Å²) in [6.45, 7) is 0.545. The number of rotatable bonds is 7. The lowest BCUT2D eigenvalue weighted by atomic mass is 10.1. The summed E-state index contributed by atoms with van der Waals surface area (Å²) in [5.41, 5.74) is 0.963. The molecule has 7 heteroatoms. The molecular formula is C20H21N3O4. The van der Waals surface area contributed by atoms with Crippen LogP contribution in [-0.4, -0.2) is 25.6 Å². The molecule has 3 aromatic rings. The third-order valence-electron chi connectivity index (χ3n) is 4.01. The summed E-state index contributed by atoms with van der Waals surface area (Å²) < 4.78 is 10.3. The van der Waals surface area contributed by atoms with E-state index in [9.17, 15) is 9.59 Å². The highest BCUT2D eigenvalue weighted by Crippen LogP contribution is 2.21. The minimum atomic E-state index is -0.405. The van der Waals surface area contributed by atoms with Gasteiger partial charge in [-0.2, -0.15) is 0 Å². The van der Waals surface area contributed by atoms with Crippen molar-refractivity contribution in [2.45, 2.75) is 13.1 Å². The number of carbonyl (C=O) groups excluding carboxylic acids is 2. The molecule has 3 N–H and O–H groups in total. The molecule has 3 rings (SSSR count). The largest absolute Gasteiger partial charge is 0.497 e. The first-order valence-electron chi connectivity index (χ1n) is 8.51. The van der Waals surface area contributed by atoms with Crippen molar-refractivity contribution in [3.05, 3.63) is 66.1 Å². The molecule has 0 aliphatic rings. The number of furan rings is 1. The fraction of sp³-hybridized carbons (Fsp3) is 0.200. The van der Waals surface area contributed by atoms with Crippen LogP contribution in [0.4, 0.5) is 4.79 Å². The van der Waals surface area contributed by atoms with E-state index < -0.39 is 6.03 Å². The van der Waals surface area contributed by atoms with Crippen molar-refractivity contribution in [2.75, 3.05) is 13.7 Å². The number of fused-ring (bicyclic) bond motifs is 1. The topological polar surface area (TPSA) is 92.6 Å². The highest BCUT2D eigenvalue weighted by Gasteiger charge is 2.06. The normalized spacial score (nSPS) is 10.4. The zero-order valence-electron chi connectivity index (χ0n) is 15.0. The van der Waals surface area contributed by atoms with Crippen LogP contribution in [0.2, 0.25) is 0 Å². The quantitative estimate of drug-likeness (QED) is 0.598. The van der Waals surface area contributed by atoms with Gasteiger partial charge >= 0.3 is 6.03 Å². The summed E-state index contributed by atoms with van der Waals surface area (Å²) in [5.74, 6) is 1.17. The summed E-state index contributed by atoms with van der Waals surface area (Å²) in [7, 11) is 1.63. The minimum absolute atomic E-state index is 0.107. The van der Waals surface area contributed by atoms with Gasteiger partial charge in [0, 0.05) is 6.54 Å². The number of hydrogen-bond donors (Lipinski definition) is 3. The molecule has 7 nitrogen and oxygen atoms in total. The highest BCUT2D eigenvalue weighted by atomic mass is 16.5. The highest BCUT2D eigenvalue weighted by molar-refractivity contribution is 5.85. The van der Waals surface area contributed by atoms with Crippen LogP contribution in [0.3, 0.4) is 0 Å². The van der Waals surface area contributed by atoms with Gasteiger partial charge in [-0.25, -0.2) is 4.79 Å². The Hall–Kier alpha value is -3.48. The predicted molar refractivity (Wildman–Crippen MR) is 101 cm³/mol. The maximum atomic E-state index is 11.9. The van der Waals surface area contributed by atoms with Gasteiger partial charge in [-0.1, -0.05) is 18.2 Å². The summed E-state index contributed by atoms with van der Waals surface area (Å²) in [5, 5.41) is 10.1. The van der Waals surface area contributed by atoms with Crippen molar-refractivity contribution in [1.29, 1.82) is 0 Å². The molecule has 0 aliphatic carbocycles. The summed E-state index contributed by atoms with van der Waals surface area (Å²) in [6.07, 6.45) is 1.54. The second-order valence-electron chi connectivity index (χ2n) is 5.94. The number of amides is 3. The lowest BCUT2D eigenvalue weighted by Gasteiger charge is -2.09. The average Bonchev–Trinajstić information content (AvgIpc) is 3.22. The molecule has 0 bridgehead atoms. The number of methoxy groups -OCH3 is 1. The maximum absolute atomic E-state index is 11.9. The summed E-state index contributed by atoms with van der Waals surface area (Å²) in [6, 6.07) is 14.9. The number of hydrogen-bond acceptors (Lipinski definition) is 4. The Morgan fingerprint density at radius 1 is 0.963 bits per heavy atom. The van der Waals surface area contributed by atoms with E-state index in [4.69, 9.17) is 9.15 Å². The SMILES string of the molecule is COc1ccc2cc(CNC(=O)NCC(=O)NCc3ccco3)ccc2c1. The van der Waals surface area contributed by atoms with E-state index in [1.165, 1.54) is 6.26 Å². The van der Waals surface area contributed by atoms with Crippen LogP contribution < -0.4 is 20.7 Å². The lowest BCUT2D eigenvalue weighted by Crippen LogP contribution is -2.41. The Bertz CT molecular complexity index is 922. The van der Waals surface area contributed by atoms with Crippen molar-refractivity contribution in [1.82, 2.24) is 16.0 Å². The average molecular weight is 367 g/mol. The van der Waals surface area contributed by atoms with Crippen molar-refractivity contribution in [2.24, 2.45) is 0 Å². The smallest absolute Gasteiger partial charge is 0.315 e. The molecular weight excluding hydrogens is 346 g/mol. The molecule has 2 aromatic carbocycles. The minimum Gasteiger partial charge on any atom is -0.497 e. The molecule has 27 heavy (non-hydrogen) atoms. The standard InChI is InChI=1S/C20H21N3O4/c1-26-17-7-6-15-9-14(4-5-16(15)10-17)11-22-20(25)23-13-19(24)21-12-18-3-2-8-27-18/h2-10H,11-13H2,1H3,(H,21,24)(H2,22,23,25). The van der Waals surface area contributed by atoms with Gasteiger partial charge in [0.1, 0.15) is 11.5 Å². The van der Waals surface area contributed by atoms with E-state index in [0.717, 1.165) is 22.1 Å². The fourth-order valence-corrected chi connectivity index (χ4v) is 2.58. The van der Waals surface area contributed by atoms with Gasteiger partial charge in [-0.15, -0.1) is 0 Å². The Balaban J connectivity index is 1.43. The number of urea groups is 1. The second-order valence-corrected chi connectivity index (χ2v) is 5.94. The van der Waals surface area contributed by atoms with Crippen molar-refractivity contribution in [3.8, 4) is 5.75 Å². The molecule has 0 spiro atoms. The van der Waals surface area contributed by atoms with Gasteiger partial charge in [0.05, 0.1) is 26.5 Å². The van der Waals surface area contributed by atoms with Crippen LogP contribution in [-0.2, 0) is 17.9 Å². The number of ether oxygens (including phenoxy) is 1. The van der Waals surface area contributed by atoms with Gasteiger partial charge in [-0.05, 0) is 46.7 Å². The van der Waals surface area contributed by atoms with E-state index in [1.54, 1.807) is 19.2 Å². The molecule has 1 heterocycles. The van der Waals surface area contributed by atoms with Gasteiger partial charge in [0.15, 0.2) is 0 Å². The monoisotopic (exact) mass is 367 g/mol. The van der Waals surface area contributed by atoms with Crippen molar-refractivity contribution in [3.63, 3.8) is 0 Å². The molecule has 1 aromatic heterocycles. The lowest BCUT2D eigenvalue weighted by molar-refractivity contribution is -0.120. The van der Waals surface area contributed by atoms with Crippen LogP contribution in [0.1, 0.15) is 11.3 Å². The molecule has 0 saturated carbocycles. The molecule has 0 atom stereocenters. The van der Waals surface area contributed by atoms with E-state index in [0.29, 0.717) is 12.3 Å². The summed E-state index contributed by atoms with van der Waals surface area (Å²) >= 11 is 0. The van der Waals surface area contributed by atoms with Crippen LogP contribution in [0, 0.1) is 0 Å². The Labute approximate surface area is 156 Å². The third-order valence-corrected chi connectivity index (χ3v) is 4.01. The molecule has 0 unspecified atom stereocenters. The van der Waals surface area contributed by atoms with Crippen LogP contribution in [0.15, 0.2) is 59.2 Å². The van der Waals surface area contributed by atoms with Gasteiger partial charge in [0.2, 0.25) is 5.91 Å². The van der Waals surface area contributed by atoms with Crippen molar-refractivity contribution < 1.29 is 18.7 Å². The second kappa shape index (κ2) is 8.75. The first kappa shape index (κ1) is 18.3. The Morgan fingerprint density at radius 2 is 1.78 bits per heavy atom. The molecule has 3 amide bonds. The van der Waals surface area contributed by atoms with Crippen molar-refractivity contribution >= 4 is 22.7 Å². The van der Waals surface area contributed by atoms with Gasteiger partial charge < -0.3 is 25.1 Å². The van der Waals surface area contributed by atoms with E-state index >= 15 is 0 Å².